The van der Waals surface area contributed by atoms with Crippen molar-refractivity contribution < 1.29 is 42.9 Å². The zero-order valence-corrected chi connectivity index (χ0v) is 22.2. The van der Waals surface area contributed by atoms with E-state index in [1.807, 2.05) is 9.80 Å². The maximum absolute atomic E-state index is 12.7. The predicted molar refractivity (Wildman–Crippen MR) is 141 cm³/mol. The van der Waals surface area contributed by atoms with Crippen molar-refractivity contribution in [3.05, 3.63) is 58.6 Å². The molecule has 40 heavy (non-hydrogen) atoms. The molecule has 0 bridgehead atoms. The molecular formula is C26H30ClF3N4O6. The number of carbonyl (C=O) groups excluding carboxylic acids is 2. The van der Waals surface area contributed by atoms with Gasteiger partial charge in [0.2, 0.25) is 0 Å². The Balaban J connectivity index is 0.000000559. The number of nitrogens with one attached hydrogen (secondary N) is 2. The van der Waals surface area contributed by atoms with Gasteiger partial charge < -0.3 is 35.8 Å². The number of β-amino-alcohol motifs (C(OH)–C–C–N with tert-alkyl or cyclic N) is 1. The first-order chi connectivity index (χ1) is 18.8. The van der Waals surface area contributed by atoms with Gasteiger partial charge in [-0.2, -0.15) is 13.2 Å². The van der Waals surface area contributed by atoms with Gasteiger partial charge in [-0.1, -0.05) is 11.6 Å². The zero-order valence-electron chi connectivity index (χ0n) is 21.5. The number of benzene rings is 2. The lowest BCUT2D eigenvalue weighted by atomic mass is 10.0. The predicted octanol–water partition coefficient (Wildman–Crippen LogP) is 2.48. The lowest BCUT2D eigenvalue weighted by molar-refractivity contribution is -0.192. The van der Waals surface area contributed by atoms with Crippen molar-refractivity contribution in [1.29, 1.82) is 0 Å². The fourth-order valence-electron chi connectivity index (χ4n) is 4.58. The number of piperidine rings is 1. The number of carbonyl (C=O) groups is 3. The highest BCUT2D eigenvalue weighted by atomic mass is 35.5. The smallest absolute Gasteiger partial charge is 0.490 e. The molecule has 0 saturated carbocycles. The molecular weight excluding hydrogens is 557 g/mol. The van der Waals surface area contributed by atoms with Crippen LogP contribution in [-0.4, -0.2) is 95.6 Å². The van der Waals surface area contributed by atoms with Gasteiger partial charge in [0.25, 0.3) is 11.8 Å². The first-order valence-electron chi connectivity index (χ1n) is 12.4. The Labute approximate surface area is 233 Å². The third-order valence-corrected chi connectivity index (χ3v) is 6.90. The number of likely N-dealkylation sites (tertiary alicyclic amines) is 1. The summed E-state index contributed by atoms with van der Waals surface area (Å²) in [6.45, 7) is 2.15. The van der Waals surface area contributed by atoms with E-state index in [-0.39, 0.29) is 29.6 Å². The first kappa shape index (κ1) is 31.0. The molecule has 10 nitrogen and oxygen atoms in total. The molecule has 4 rings (SSSR count). The van der Waals surface area contributed by atoms with Crippen molar-refractivity contribution >= 4 is 35.1 Å². The van der Waals surface area contributed by atoms with Crippen LogP contribution in [-0.2, 0) is 4.79 Å². The summed E-state index contributed by atoms with van der Waals surface area (Å²) in [5.74, 6) is -2.93. The standard InChI is InChI=1S/C24H29ClN4O4.C2HF3O2/c1-26-23(32)19-7-6-18(30)12-21(19)29-13-20(22(31)14-29)27-17-8-10-28(11-9-17)24(33)15-2-4-16(25)5-3-15;3-2(4,5)1(6)7/h2-7,12,17,20,22,27,30-31H,8-11,13-14H2,1H3,(H,26,32);(H,6,7)/t20?,22-;/m1./s1. The van der Waals surface area contributed by atoms with Gasteiger partial charge in [-0.25, -0.2) is 4.79 Å². The molecule has 2 aromatic rings. The number of aromatic hydroxyl groups is 1. The number of phenols is 1. The number of halogens is 4. The van der Waals surface area contributed by atoms with E-state index in [0.29, 0.717) is 48.0 Å². The van der Waals surface area contributed by atoms with E-state index in [2.05, 4.69) is 10.6 Å². The van der Waals surface area contributed by atoms with E-state index in [4.69, 9.17) is 21.5 Å². The third kappa shape index (κ3) is 7.99. The van der Waals surface area contributed by atoms with Crippen LogP contribution < -0.4 is 15.5 Å². The monoisotopic (exact) mass is 586 g/mol. The second kappa shape index (κ2) is 13.2. The Morgan fingerprint density at radius 2 is 1.62 bits per heavy atom. The van der Waals surface area contributed by atoms with Crippen LogP contribution in [0.1, 0.15) is 33.6 Å². The summed E-state index contributed by atoms with van der Waals surface area (Å²) in [6, 6.07) is 11.6. The Bertz CT molecular complexity index is 1210. The Morgan fingerprint density at radius 1 is 1.02 bits per heavy atom. The van der Waals surface area contributed by atoms with Gasteiger partial charge in [0.05, 0.1) is 23.4 Å². The van der Waals surface area contributed by atoms with Crippen molar-refractivity contribution in [2.45, 2.75) is 37.2 Å². The van der Waals surface area contributed by atoms with Crippen LogP contribution in [0.15, 0.2) is 42.5 Å². The molecule has 2 aromatic carbocycles. The average molecular weight is 587 g/mol. The molecule has 218 valence electrons. The highest BCUT2D eigenvalue weighted by Crippen LogP contribution is 2.29. The van der Waals surface area contributed by atoms with Crippen molar-refractivity contribution in [2.75, 3.05) is 38.1 Å². The number of hydrogen-bond acceptors (Lipinski definition) is 7. The molecule has 14 heteroatoms. The van der Waals surface area contributed by atoms with Gasteiger partial charge in [-0.15, -0.1) is 0 Å². The van der Waals surface area contributed by atoms with E-state index in [1.165, 1.54) is 6.07 Å². The topological polar surface area (TPSA) is 142 Å². The number of aliphatic carboxylic acids is 1. The summed E-state index contributed by atoms with van der Waals surface area (Å²) in [7, 11) is 1.56. The molecule has 0 aromatic heterocycles. The minimum atomic E-state index is -5.08. The summed E-state index contributed by atoms with van der Waals surface area (Å²) in [6.07, 6.45) is -4.12. The second-order valence-corrected chi connectivity index (χ2v) is 9.84. The van der Waals surface area contributed by atoms with Crippen LogP contribution >= 0.6 is 11.6 Å². The average Bonchev–Trinajstić information content (AvgIpc) is 3.28. The van der Waals surface area contributed by atoms with Crippen LogP contribution in [0.3, 0.4) is 0 Å². The maximum atomic E-state index is 12.7. The van der Waals surface area contributed by atoms with E-state index >= 15 is 0 Å². The normalized spacial score (nSPS) is 19.6. The SMILES string of the molecule is CNC(=O)c1ccc(O)cc1N1CC(NC2CCN(C(=O)c3ccc(Cl)cc3)CC2)[C@H](O)C1.O=C(O)C(F)(F)F. The minimum Gasteiger partial charge on any atom is -0.508 e. The van der Waals surface area contributed by atoms with E-state index < -0.39 is 18.2 Å². The number of phenolic OH excluding ortho intramolecular Hbond substituents is 1. The Morgan fingerprint density at radius 3 is 2.17 bits per heavy atom. The number of nitrogens with zero attached hydrogens (tertiary/aromatic N) is 2. The molecule has 5 N–H and O–H groups in total. The van der Waals surface area contributed by atoms with Crippen LogP contribution in [0.25, 0.3) is 0 Å². The molecule has 2 atom stereocenters. The fourth-order valence-corrected chi connectivity index (χ4v) is 4.71. The zero-order chi connectivity index (χ0) is 29.6. The first-order valence-corrected chi connectivity index (χ1v) is 12.8. The number of carboxylic acids is 1. The third-order valence-electron chi connectivity index (χ3n) is 6.65. The van der Waals surface area contributed by atoms with Crippen molar-refractivity contribution in [2.24, 2.45) is 0 Å². The fraction of sp³-hybridized carbons (Fsp3) is 0.423. The van der Waals surface area contributed by atoms with Crippen molar-refractivity contribution in [3.63, 3.8) is 0 Å². The number of carboxylic acid groups (broad SMARTS) is 1. The molecule has 2 amide bonds. The van der Waals surface area contributed by atoms with Crippen molar-refractivity contribution in [3.8, 4) is 5.75 Å². The van der Waals surface area contributed by atoms with Crippen LogP contribution in [0.4, 0.5) is 18.9 Å². The number of alkyl halides is 3. The number of amides is 2. The summed E-state index contributed by atoms with van der Waals surface area (Å²) in [5, 5.41) is 34.5. The van der Waals surface area contributed by atoms with Gasteiger partial charge in [-0.05, 0) is 49.2 Å². The van der Waals surface area contributed by atoms with Crippen LogP contribution in [0, 0.1) is 0 Å². The van der Waals surface area contributed by atoms with Crippen LogP contribution in [0.2, 0.25) is 5.02 Å². The van der Waals surface area contributed by atoms with Gasteiger partial charge in [-0.3, -0.25) is 9.59 Å². The molecule has 1 unspecified atom stereocenters. The quantitative estimate of drug-likeness (QED) is 0.360. The minimum absolute atomic E-state index is 0.00260. The van der Waals surface area contributed by atoms with Gasteiger partial charge in [0.1, 0.15) is 5.75 Å². The maximum Gasteiger partial charge on any atom is 0.490 e. The number of hydrogen-bond donors (Lipinski definition) is 5. The summed E-state index contributed by atoms with van der Waals surface area (Å²) in [5.41, 5.74) is 1.68. The second-order valence-electron chi connectivity index (χ2n) is 9.40. The number of anilines is 1. The van der Waals surface area contributed by atoms with Gasteiger partial charge in [0.15, 0.2) is 0 Å². The van der Waals surface area contributed by atoms with Gasteiger partial charge in [0, 0.05) is 55.9 Å². The Hall–Kier alpha value is -3.55. The lowest BCUT2D eigenvalue weighted by Gasteiger charge is -2.34. The molecule has 0 aliphatic carbocycles. The number of aliphatic hydroxyl groups is 1. The molecule has 2 heterocycles. The van der Waals surface area contributed by atoms with E-state index in [0.717, 1.165) is 12.8 Å². The van der Waals surface area contributed by atoms with Crippen LogP contribution in [0.5, 0.6) is 5.75 Å². The van der Waals surface area contributed by atoms with Crippen molar-refractivity contribution in [1.82, 2.24) is 15.5 Å². The lowest BCUT2D eigenvalue weighted by Crippen LogP contribution is -2.50. The molecule has 0 radical (unpaired) electrons. The molecule has 2 saturated heterocycles. The highest BCUT2D eigenvalue weighted by molar-refractivity contribution is 6.30. The summed E-state index contributed by atoms with van der Waals surface area (Å²) in [4.78, 5) is 37.6. The molecule has 0 spiro atoms. The van der Waals surface area contributed by atoms with Gasteiger partial charge >= 0.3 is 12.1 Å². The summed E-state index contributed by atoms with van der Waals surface area (Å²) < 4.78 is 31.7. The molecule has 2 fully saturated rings. The summed E-state index contributed by atoms with van der Waals surface area (Å²) >= 11 is 5.91. The number of aliphatic hydroxyl groups excluding tert-OH is 1. The number of rotatable bonds is 5. The molecule has 2 aliphatic heterocycles. The van der Waals surface area contributed by atoms with E-state index in [9.17, 15) is 33.0 Å². The largest absolute Gasteiger partial charge is 0.508 e. The molecule has 2 aliphatic rings. The highest BCUT2D eigenvalue weighted by Gasteiger charge is 2.38. The Kier molecular flexibility index (Phi) is 10.2. The van der Waals surface area contributed by atoms with E-state index in [1.54, 1.807) is 43.4 Å².